The van der Waals surface area contributed by atoms with Crippen molar-refractivity contribution in [2.75, 3.05) is 26.2 Å². The SMILES string of the molecule is CCNC(=NCC(=O)N1CCC(Cc2ccccc2)CC1)NC(C)C.I. The van der Waals surface area contributed by atoms with E-state index in [2.05, 4.69) is 59.8 Å². The van der Waals surface area contributed by atoms with Crippen LogP contribution in [0.15, 0.2) is 35.3 Å². The molecule has 1 aliphatic rings. The first kappa shape index (κ1) is 22.7. The molecule has 2 rings (SSSR count). The molecular weight excluding hydrogens is 439 g/mol. The van der Waals surface area contributed by atoms with E-state index in [-0.39, 0.29) is 36.4 Å². The highest BCUT2D eigenvalue weighted by atomic mass is 127. The van der Waals surface area contributed by atoms with Crippen LogP contribution in [-0.4, -0.2) is 49.0 Å². The van der Waals surface area contributed by atoms with Crippen LogP contribution in [0.25, 0.3) is 0 Å². The van der Waals surface area contributed by atoms with Gasteiger partial charge >= 0.3 is 0 Å². The first-order valence-corrected chi connectivity index (χ1v) is 9.45. The molecule has 0 spiro atoms. The molecule has 146 valence electrons. The van der Waals surface area contributed by atoms with Crippen molar-refractivity contribution in [1.82, 2.24) is 15.5 Å². The Kier molecular flexibility index (Phi) is 10.6. The van der Waals surface area contributed by atoms with Gasteiger partial charge < -0.3 is 15.5 Å². The van der Waals surface area contributed by atoms with Crippen molar-refractivity contribution in [3.8, 4) is 0 Å². The second-order valence-electron chi connectivity index (χ2n) is 7.01. The van der Waals surface area contributed by atoms with Crippen molar-refractivity contribution in [2.24, 2.45) is 10.9 Å². The number of carbonyl (C=O) groups is 1. The van der Waals surface area contributed by atoms with Crippen LogP contribution in [0.5, 0.6) is 0 Å². The van der Waals surface area contributed by atoms with E-state index in [1.165, 1.54) is 5.56 Å². The maximum absolute atomic E-state index is 12.4. The second-order valence-corrected chi connectivity index (χ2v) is 7.01. The standard InChI is InChI=1S/C20H32N4O.HI/c1-4-21-20(23-16(2)3)22-15-19(25)24-12-10-18(11-13-24)14-17-8-6-5-7-9-17;/h5-9,16,18H,4,10-15H2,1-3H3,(H2,21,22,23);1H. The number of halogens is 1. The average molecular weight is 472 g/mol. The van der Waals surface area contributed by atoms with Crippen LogP contribution in [0.1, 0.15) is 39.2 Å². The van der Waals surface area contributed by atoms with Gasteiger partial charge in [-0.1, -0.05) is 30.3 Å². The maximum atomic E-state index is 12.4. The predicted molar refractivity (Wildman–Crippen MR) is 119 cm³/mol. The van der Waals surface area contributed by atoms with Crippen LogP contribution in [0.2, 0.25) is 0 Å². The number of carbonyl (C=O) groups excluding carboxylic acids is 1. The van der Waals surface area contributed by atoms with E-state index in [0.717, 1.165) is 38.9 Å². The molecule has 0 atom stereocenters. The summed E-state index contributed by atoms with van der Waals surface area (Å²) in [5.74, 6) is 1.51. The van der Waals surface area contributed by atoms with E-state index < -0.39 is 0 Å². The van der Waals surface area contributed by atoms with Gasteiger partial charge in [-0.15, -0.1) is 24.0 Å². The van der Waals surface area contributed by atoms with Gasteiger partial charge in [-0.05, 0) is 51.5 Å². The quantitative estimate of drug-likeness (QED) is 0.380. The van der Waals surface area contributed by atoms with Crippen molar-refractivity contribution in [1.29, 1.82) is 0 Å². The lowest BCUT2D eigenvalue weighted by atomic mass is 9.90. The van der Waals surface area contributed by atoms with E-state index in [4.69, 9.17) is 0 Å². The highest BCUT2D eigenvalue weighted by Gasteiger charge is 2.22. The van der Waals surface area contributed by atoms with E-state index in [9.17, 15) is 4.79 Å². The molecule has 0 saturated carbocycles. The van der Waals surface area contributed by atoms with Crippen LogP contribution in [0, 0.1) is 5.92 Å². The molecule has 1 aliphatic heterocycles. The van der Waals surface area contributed by atoms with Crippen LogP contribution >= 0.6 is 24.0 Å². The number of aliphatic imine (C=N–C) groups is 1. The van der Waals surface area contributed by atoms with E-state index >= 15 is 0 Å². The van der Waals surface area contributed by atoms with Gasteiger partial charge in [0, 0.05) is 25.7 Å². The first-order valence-electron chi connectivity index (χ1n) is 9.45. The number of nitrogens with one attached hydrogen (secondary N) is 2. The Balaban J connectivity index is 0.00000338. The van der Waals surface area contributed by atoms with E-state index in [0.29, 0.717) is 17.9 Å². The minimum Gasteiger partial charge on any atom is -0.357 e. The summed E-state index contributed by atoms with van der Waals surface area (Å²) in [5.41, 5.74) is 1.40. The Morgan fingerprint density at radius 1 is 1.23 bits per heavy atom. The monoisotopic (exact) mass is 472 g/mol. The first-order chi connectivity index (χ1) is 12.1. The van der Waals surface area contributed by atoms with Crippen molar-refractivity contribution in [3.05, 3.63) is 35.9 Å². The van der Waals surface area contributed by atoms with E-state index in [1.807, 2.05) is 11.8 Å². The Hall–Kier alpha value is -1.31. The lowest BCUT2D eigenvalue weighted by Crippen LogP contribution is -2.43. The van der Waals surface area contributed by atoms with Crippen molar-refractivity contribution in [2.45, 2.75) is 46.1 Å². The summed E-state index contributed by atoms with van der Waals surface area (Å²) in [6, 6.07) is 10.9. The zero-order valence-corrected chi connectivity index (χ0v) is 18.5. The second kappa shape index (κ2) is 12.1. The molecule has 1 amide bonds. The largest absolute Gasteiger partial charge is 0.357 e. The molecular formula is C20H33IN4O. The summed E-state index contributed by atoms with van der Waals surface area (Å²) >= 11 is 0. The Morgan fingerprint density at radius 2 is 1.88 bits per heavy atom. The van der Waals surface area contributed by atoms with Crippen molar-refractivity contribution < 1.29 is 4.79 Å². The number of benzene rings is 1. The zero-order valence-electron chi connectivity index (χ0n) is 16.2. The highest BCUT2D eigenvalue weighted by Crippen LogP contribution is 2.21. The van der Waals surface area contributed by atoms with Gasteiger partial charge in [-0.2, -0.15) is 0 Å². The molecule has 6 heteroatoms. The molecule has 2 N–H and O–H groups in total. The molecule has 0 radical (unpaired) electrons. The summed E-state index contributed by atoms with van der Waals surface area (Å²) in [6.07, 6.45) is 3.27. The number of piperidine rings is 1. The number of guanidine groups is 1. The zero-order chi connectivity index (χ0) is 18.1. The molecule has 0 unspecified atom stereocenters. The Bertz CT molecular complexity index is 554. The lowest BCUT2D eigenvalue weighted by molar-refractivity contribution is -0.130. The number of amides is 1. The molecule has 5 nitrogen and oxygen atoms in total. The highest BCUT2D eigenvalue weighted by molar-refractivity contribution is 14.0. The molecule has 0 aliphatic carbocycles. The number of hydrogen-bond acceptors (Lipinski definition) is 2. The fourth-order valence-corrected chi connectivity index (χ4v) is 3.17. The Labute approximate surface area is 175 Å². The minimum absolute atomic E-state index is 0. The normalized spacial score (nSPS) is 15.5. The predicted octanol–water partition coefficient (Wildman–Crippen LogP) is 3.05. The summed E-state index contributed by atoms with van der Waals surface area (Å²) in [4.78, 5) is 18.8. The summed E-state index contributed by atoms with van der Waals surface area (Å²) in [7, 11) is 0. The summed E-state index contributed by atoms with van der Waals surface area (Å²) in [6.45, 7) is 8.85. The average Bonchev–Trinajstić information content (AvgIpc) is 2.61. The fourth-order valence-electron chi connectivity index (χ4n) is 3.17. The van der Waals surface area contributed by atoms with Crippen molar-refractivity contribution >= 4 is 35.8 Å². The van der Waals surface area contributed by atoms with Gasteiger partial charge in [-0.25, -0.2) is 4.99 Å². The third-order valence-electron chi connectivity index (χ3n) is 4.48. The van der Waals surface area contributed by atoms with Crippen LogP contribution < -0.4 is 10.6 Å². The van der Waals surface area contributed by atoms with Gasteiger partial charge in [0.05, 0.1) is 0 Å². The fraction of sp³-hybridized carbons (Fsp3) is 0.600. The van der Waals surface area contributed by atoms with Gasteiger partial charge in [0.2, 0.25) is 5.91 Å². The van der Waals surface area contributed by atoms with E-state index in [1.54, 1.807) is 0 Å². The molecule has 1 saturated heterocycles. The number of hydrogen-bond donors (Lipinski definition) is 2. The third-order valence-corrected chi connectivity index (χ3v) is 4.48. The number of rotatable bonds is 6. The molecule has 1 aromatic carbocycles. The third kappa shape index (κ3) is 7.93. The summed E-state index contributed by atoms with van der Waals surface area (Å²) < 4.78 is 0. The number of likely N-dealkylation sites (tertiary alicyclic amines) is 1. The Morgan fingerprint density at radius 3 is 2.46 bits per heavy atom. The molecule has 1 fully saturated rings. The van der Waals surface area contributed by atoms with Crippen molar-refractivity contribution in [3.63, 3.8) is 0 Å². The lowest BCUT2D eigenvalue weighted by Gasteiger charge is -2.32. The van der Waals surface area contributed by atoms with Gasteiger partial charge in [-0.3, -0.25) is 4.79 Å². The molecule has 26 heavy (non-hydrogen) atoms. The summed E-state index contributed by atoms with van der Waals surface area (Å²) in [5, 5.41) is 6.42. The van der Waals surface area contributed by atoms with Gasteiger partial charge in [0.25, 0.3) is 0 Å². The van der Waals surface area contributed by atoms with Crippen LogP contribution in [0.3, 0.4) is 0 Å². The smallest absolute Gasteiger partial charge is 0.244 e. The molecule has 0 aromatic heterocycles. The van der Waals surface area contributed by atoms with Gasteiger partial charge in [0.15, 0.2) is 5.96 Å². The van der Waals surface area contributed by atoms with Crippen LogP contribution in [0.4, 0.5) is 0 Å². The minimum atomic E-state index is 0. The number of nitrogens with zero attached hydrogens (tertiary/aromatic N) is 2. The molecule has 0 bridgehead atoms. The van der Waals surface area contributed by atoms with Gasteiger partial charge in [0.1, 0.15) is 6.54 Å². The van der Waals surface area contributed by atoms with Crippen LogP contribution in [-0.2, 0) is 11.2 Å². The maximum Gasteiger partial charge on any atom is 0.244 e. The topological polar surface area (TPSA) is 56.7 Å². The molecule has 1 aromatic rings. The molecule has 1 heterocycles.